The van der Waals surface area contributed by atoms with Crippen LogP contribution in [0.15, 0.2) is 48.5 Å². The van der Waals surface area contributed by atoms with Crippen LogP contribution in [-0.2, 0) is 13.1 Å². The highest BCUT2D eigenvalue weighted by molar-refractivity contribution is 5.47. The highest BCUT2D eigenvalue weighted by Gasteiger charge is 2.03. The summed E-state index contributed by atoms with van der Waals surface area (Å²) in [6.07, 6.45) is 0. The molecule has 21 heavy (non-hydrogen) atoms. The summed E-state index contributed by atoms with van der Waals surface area (Å²) in [6, 6.07) is 16.9. The van der Waals surface area contributed by atoms with Gasteiger partial charge in [-0.2, -0.15) is 0 Å². The lowest BCUT2D eigenvalue weighted by Gasteiger charge is -2.20. The van der Waals surface area contributed by atoms with Crippen LogP contribution in [0.1, 0.15) is 18.1 Å². The molecule has 0 saturated heterocycles. The summed E-state index contributed by atoms with van der Waals surface area (Å²) in [5.74, 6) is 0.905. The third-order valence-electron chi connectivity index (χ3n) is 3.51. The zero-order valence-electron chi connectivity index (χ0n) is 13.1. The Morgan fingerprint density at radius 1 is 1.05 bits per heavy atom. The molecule has 0 amide bonds. The molecular weight excluding hydrogens is 260 g/mol. The number of rotatable bonds is 7. The van der Waals surface area contributed by atoms with Crippen molar-refractivity contribution >= 4 is 5.69 Å². The highest BCUT2D eigenvalue weighted by atomic mass is 16.5. The molecule has 3 heteroatoms. The Kier molecular flexibility index (Phi) is 5.64. The largest absolute Gasteiger partial charge is 0.497 e. The van der Waals surface area contributed by atoms with Crippen molar-refractivity contribution < 1.29 is 4.74 Å². The van der Waals surface area contributed by atoms with Gasteiger partial charge in [0.25, 0.3) is 0 Å². The van der Waals surface area contributed by atoms with E-state index in [9.17, 15) is 0 Å². The van der Waals surface area contributed by atoms with Gasteiger partial charge in [0.2, 0.25) is 0 Å². The standard InChI is InChI=1S/C18H24N2O/c1-4-19-13-15-8-10-17(11-9-15)20(2)14-16-6-5-7-18(12-16)21-3/h5-12,19H,4,13-14H2,1-3H3. The van der Waals surface area contributed by atoms with E-state index in [2.05, 4.69) is 60.6 Å². The van der Waals surface area contributed by atoms with Crippen molar-refractivity contribution in [1.29, 1.82) is 0 Å². The van der Waals surface area contributed by atoms with Gasteiger partial charge >= 0.3 is 0 Å². The fourth-order valence-electron chi connectivity index (χ4n) is 2.27. The van der Waals surface area contributed by atoms with Gasteiger partial charge in [-0.15, -0.1) is 0 Å². The predicted molar refractivity (Wildman–Crippen MR) is 88.9 cm³/mol. The van der Waals surface area contributed by atoms with Crippen molar-refractivity contribution in [2.45, 2.75) is 20.0 Å². The van der Waals surface area contributed by atoms with Crippen LogP contribution >= 0.6 is 0 Å². The Bertz CT molecular complexity index is 551. The number of anilines is 1. The number of hydrogen-bond donors (Lipinski definition) is 1. The maximum absolute atomic E-state index is 5.27. The van der Waals surface area contributed by atoms with Crippen molar-refractivity contribution in [2.24, 2.45) is 0 Å². The molecule has 0 aliphatic rings. The molecule has 0 aliphatic heterocycles. The molecule has 0 saturated carbocycles. The minimum Gasteiger partial charge on any atom is -0.497 e. The lowest BCUT2D eigenvalue weighted by molar-refractivity contribution is 0.414. The number of ether oxygens (including phenoxy) is 1. The number of nitrogens with one attached hydrogen (secondary N) is 1. The monoisotopic (exact) mass is 284 g/mol. The fourth-order valence-corrected chi connectivity index (χ4v) is 2.27. The second kappa shape index (κ2) is 7.70. The third kappa shape index (κ3) is 4.50. The van der Waals surface area contributed by atoms with E-state index in [-0.39, 0.29) is 0 Å². The van der Waals surface area contributed by atoms with E-state index in [1.807, 2.05) is 12.1 Å². The molecule has 0 fully saturated rings. The summed E-state index contributed by atoms with van der Waals surface area (Å²) < 4.78 is 5.27. The first-order chi connectivity index (χ1) is 10.2. The summed E-state index contributed by atoms with van der Waals surface area (Å²) >= 11 is 0. The summed E-state index contributed by atoms with van der Waals surface area (Å²) in [5.41, 5.74) is 3.78. The molecular formula is C18H24N2O. The molecule has 0 spiro atoms. The SMILES string of the molecule is CCNCc1ccc(N(C)Cc2cccc(OC)c2)cc1. The molecule has 3 nitrogen and oxygen atoms in total. The first-order valence-corrected chi connectivity index (χ1v) is 7.36. The van der Waals surface area contributed by atoms with Crippen molar-refractivity contribution in [2.75, 3.05) is 25.6 Å². The molecule has 0 aliphatic carbocycles. The normalized spacial score (nSPS) is 10.4. The van der Waals surface area contributed by atoms with Crippen molar-refractivity contribution in [3.8, 4) is 5.75 Å². The van der Waals surface area contributed by atoms with Crippen LogP contribution in [-0.4, -0.2) is 20.7 Å². The Morgan fingerprint density at radius 3 is 2.48 bits per heavy atom. The van der Waals surface area contributed by atoms with Crippen LogP contribution in [0.4, 0.5) is 5.69 Å². The smallest absolute Gasteiger partial charge is 0.119 e. The van der Waals surface area contributed by atoms with E-state index in [1.165, 1.54) is 16.8 Å². The van der Waals surface area contributed by atoms with Crippen LogP contribution < -0.4 is 15.0 Å². The number of benzene rings is 2. The average molecular weight is 284 g/mol. The highest BCUT2D eigenvalue weighted by Crippen LogP contribution is 2.19. The van der Waals surface area contributed by atoms with E-state index in [0.29, 0.717) is 0 Å². The summed E-state index contributed by atoms with van der Waals surface area (Å²) in [4.78, 5) is 2.24. The molecule has 0 unspecified atom stereocenters. The van der Waals surface area contributed by atoms with Crippen LogP contribution in [0.2, 0.25) is 0 Å². The Balaban J connectivity index is 2.00. The van der Waals surface area contributed by atoms with Crippen LogP contribution in [0.25, 0.3) is 0 Å². The summed E-state index contributed by atoms with van der Waals surface area (Å²) in [6.45, 7) is 4.91. The molecule has 112 valence electrons. The topological polar surface area (TPSA) is 24.5 Å². The van der Waals surface area contributed by atoms with E-state index in [1.54, 1.807) is 7.11 Å². The lowest BCUT2D eigenvalue weighted by Crippen LogP contribution is -2.16. The Hall–Kier alpha value is -2.00. The van der Waals surface area contributed by atoms with Gasteiger partial charge in [0, 0.05) is 25.8 Å². The number of hydrogen-bond acceptors (Lipinski definition) is 3. The minimum absolute atomic E-state index is 0.865. The molecule has 0 bridgehead atoms. The molecule has 0 atom stereocenters. The van der Waals surface area contributed by atoms with E-state index in [0.717, 1.165) is 25.4 Å². The van der Waals surface area contributed by atoms with Gasteiger partial charge in [-0.05, 0) is 41.9 Å². The van der Waals surface area contributed by atoms with Gasteiger partial charge in [-0.1, -0.05) is 31.2 Å². The van der Waals surface area contributed by atoms with Gasteiger partial charge in [-0.3, -0.25) is 0 Å². The quantitative estimate of drug-likeness (QED) is 0.843. The van der Waals surface area contributed by atoms with E-state index in [4.69, 9.17) is 4.74 Å². The fraction of sp³-hybridized carbons (Fsp3) is 0.333. The first kappa shape index (κ1) is 15.4. The second-order valence-electron chi connectivity index (χ2n) is 5.15. The molecule has 0 aromatic heterocycles. The molecule has 1 N–H and O–H groups in total. The average Bonchev–Trinajstić information content (AvgIpc) is 2.53. The van der Waals surface area contributed by atoms with Crippen molar-refractivity contribution in [3.05, 3.63) is 59.7 Å². The molecule has 2 aromatic rings. The molecule has 0 heterocycles. The predicted octanol–water partition coefficient (Wildman–Crippen LogP) is 3.44. The van der Waals surface area contributed by atoms with Crippen molar-refractivity contribution in [1.82, 2.24) is 5.32 Å². The second-order valence-corrected chi connectivity index (χ2v) is 5.15. The van der Waals surface area contributed by atoms with E-state index >= 15 is 0 Å². The zero-order chi connectivity index (χ0) is 15.1. The van der Waals surface area contributed by atoms with Gasteiger partial charge in [0.1, 0.15) is 5.75 Å². The zero-order valence-corrected chi connectivity index (χ0v) is 13.1. The van der Waals surface area contributed by atoms with E-state index < -0.39 is 0 Å². The lowest BCUT2D eigenvalue weighted by atomic mass is 10.1. The first-order valence-electron chi connectivity index (χ1n) is 7.36. The van der Waals surface area contributed by atoms with Crippen molar-refractivity contribution in [3.63, 3.8) is 0 Å². The minimum atomic E-state index is 0.865. The van der Waals surface area contributed by atoms with Crippen LogP contribution in [0.3, 0.4) is 0 Å². The number of nitrogens with zero attached hydrogens (tertiary/aromatic N) is 1. The van der Waals surface area contributed by atoms with Gasteiger partial charge < -0.3 is 15.0 Å². The summed E-state index contributed by atoms with van der Waals surface area (Å²) in [7, 11) is 3.81. The Labute approximate surface area is 127 Å². The number of methoxy groups -OCH3 is 1. The van der Waals surface area contributed by atoms with Crippen LogP contribution in [0.5, 0.6) is 5.75 Å². The van der Waals surface area contributed by atoms with Crippen LogP contribution in [0, 0.1) is 0 Å². The van der Waals surface area contributed by atoms with Gasteiger partial charge in [0.15, 0.2) is 0 Å². The molecule has 2 aromatic carbocycles. The molecule has 2 rings (SSSR count). The molecule has 0 radical (unpaired) electrons. The van der Waals surface area contributed by atoms with Gasteiger partial charge in [0.05, 0.1) is 7.11 Å². The Morgan fingerprint density at radius 2 is 1.81 bits per heavy atom. The van der Waals surface area contributed by atoms with Gasteiger partial charge in [-0.25, -0.2) is 0 Å². The third-order valence-corrected chi connectivity index (χ3v) is 3.51. The maximum atomic E-state index is 5.27. The maximum Gasteiger partial charge on any atom is 0.119 e. The summed E-state index contributed by atoms with van der Waals surface area (Å²) in [5, 5.41) is 3.34.